The van der Waals surface area contributed by atoms with Crippen LogP contribution < -0.4 is 9.80 Å². The second-order valence-corrected chi connectivity index (χ2v) is 16.2. The average Bonchev–Trinajstić information content (AvgIpc) is 3.67. The minimum absolute atomic E-state index is 0.568. The lowest BCUT2D eigenvalue weighted by atomic mass is 10.0. The summed E-state index contributed by atoms with van der Waals surface area (Å²) >= 11 is 1.76. The minimum Gasteiger partial charge on any atom is -0.310 e. The van der Waals surface area contributed by atoms with Crippen molar-refractivity contribution < 1.29 is 0 Å². The van der Waals surface area contributed by atoms with Gasteiger partial charge in [0.15, 0.2) is 0 Å². The Morgan fingerprint density at radius 2 is 0.871 bits per heavy atom. The van der Waals surface area contributed by atoms with E-state index in [9.17, 15) is 10.5 Å². The average molecular weight is 811 g/mol. The zero-order valence-corrected chi connectivity index (χ0v) is 34.0. The molecule has 62 heavy (non-hydrogen) atoms. The number of rotatable bonds is 7. The largest absolute Gasteiger partial charge is 0.310 e. The third-order valence-corrected chi connectivity index (χ3v) is 12.6. The molecule has 6 nitrogen and oxygen atoms in total. The smallest absolute Gasteiger partial charge is 0.142 e. The lowest BCUT2D eigenvalue weighted by Gasteiger charge is -2.33. The van der Waals surface area contributed by atoms with E-state index in [0.717, 1.165) is 93.9 Å². The molecule has 0 spiro atoms. The minimum atomic E-state index is 0.568. The molecule has 11 rings (SSSR count). The van der Waals surface area contributed by atoms with Gasteiger partial charge in [-0.3, -0.25) is 9.47 Å². The van der Waals surface area contributed by atoms with Gasteiger partial charge in [-0.2, -0.15) is 10.5 Å². The Balaban J connectivity index is 1.22. The zero-order chi connectivity index (χ0) is 41.6. The first-order chi connectivity index (χ1) is 30.6. The van der Waals surface area contributed by atoms with Crippen LogP contribution in [0.5, 0.6) is 0 Å². The standard InChI is InChI=1S/C55H34N6S/c56-35-37-19-25-43(26-20-37)59(44-27-21-38(36-57)22-28-44)45-33-54(58-55(34-45)61-50-15-7-9-17-52(50)62-53-18-10-8-16-51(53)61)60-48-29-23-41(39-11-3-1-4-12-39)31-46(48)47-32-42(24-30-49(47)60)40-13-5-2-6-14-40/h1-34H. The number of benzene rings is 8. The quantitative estimate of drug-likeness (QED) is 0.160. The van der Waals surface area contributed by atoms with Crippen molar-refractivity contribution in [3.63, 3.8) is 0 Å². The number of aromatic nitrogens is 2. The summed E-state index contributed by atoms with van der Waals surface area (Å²) in [5, 5.41) is 21.8. The summed E-state index contributed by atoms with van der Waals surface area (Å²) in [5.41, 5.74) is 12.4. The van der Waals surface area contributed by atoms with E-state index in [1.165, 1.54) is 0 Å². The van der Waals surface area contributed by atoms with E-state index in [2.05, 4.69) is 172 Å². The molecule has 0 radical (unpaired) electrons. The van der Waals surface area contributed by atoms with Crippen LogP contribution in [0.2, 0.25) is 0 Å². The predicted molar refractivity (Wildman–Crippen MR) is 252 cm³/mol. The molecule has 1 aliphatic heterocycles. The molecule has 0 unspecified atom stereocenters. The van der Waals surface area contributed by atoms with Crippen molar-refractivity contribution in [1.82, 2.24) is 9.55 Å². The van der Waals surface area contributed by atoms with Crippen molar-refractivity contribution in [2.75, 3.05) is 9.80 Å². The number of hydrogen-bond donors (Lipinski definition) is 0. The Morgan fingerprint density at radius 3 is 1.35 bits per heavy atom. The van der Waals surface area contributed by atoms with Gasteiger partial charge >= 0.3 is 0 Å². The van der Waals surface area contributed by atoms with Crippen LogP contribution in [-0.4, -0.2) is 9.55 Å². The summed E-state index contributed by atoms with van der Waals surface area (Å²) in [4.78, 5) is 12.3. The highest BCUT2D eigenvalue weighted by atomic mass is 32.2. The number of para-hydroxylation sites is 2. The lowest BCUT2D eigenvalue weighted by Crippen LogP contribution is -2.18. The van der Waals surface area contributed by atoms with Gasteiger partial charge in [0.05, 0.1) is 51.4 Å². The van der Waals surface area contributed by atoms with Crippen molar-refractivity contribution >= 4 is 67.8 Å². The molecular formula is C55H34N6S. The van der Waals surface area contributed by atoms with E-state index in [-0.39, 0.29) is 0 Å². The Hall–Kier alpha value is -8.36. The van der Waals surface area contributed by atoms with E-state index < -0.39 is 0 Å². The van der Waals surface area contributed by atoms with Crippen LogP contribution in [-0.2, 0) is 0 Å². The predicted octanol–water partition coefficient (Wildman–Crippen LogP) is 14.7. The van der Waals surface area contributed by atoms with Gasteiger partial charge in [-0.1, -0.05) is 109 Å². The summed E-state index contributed by atoms with van der Waals surface area (Å²) < 4.78 is 2.29. The van der Waals surface area contributed by atoms with E-state index in [1.807, 2.05) is 60.7 Å². The number of pyridine rings is 1. The van der Waals surface area contributed by atoms with E-state index >= 15 is 0 Å². The Bertz CT molecular complexity index is 3200. The van der Waals surface area contributed by atoms with Crippen LogP contribution in [0.25, 0.3) is 49.9 Å². The maximum absolute atomic E-state index is 9.77. The third kappa shape index (κ3) is 6.42. The van der Waals surface area contributed by atoms with Crippen LogP contribution >= 0.6 is 11.8 Å². The van der Waals surface area contributed by atoms with Crippen molar-refractivity contribution in [3.8, 4) is 40.2 Å². The van der Waals surface area contributed by atoms with Gasteiger partial charge in [-0.05, 0) is 119 Å². The van der Waals surface area contributed by atoms with Crippen molar-refractivity contribution in [2.45, 2.75) is 9.79 Å². The van der Waals surface area contributed by atoms with Gasteiger partial charge in [0, 0.05) is 44.1 Å². The fourth-order valence-electron chi connectivity index (χ4n) is 8.51. The Kier molecular flexibility index (Phi) is 9.08. The molecule has 0 bridgehead atoms. The first-order valence-corrected chi connectivity index (χ1v) is 21.1. The van der Waals surface area contributed by atoms with Gasteiger partial charge in [0.2, 0.25) is 0 Å². The van der Waals surface area contributed by atoms with Gasteiger partial charge in [-0.15, -0.1) is 0 Å². The number of anilines is 6. The number of nitrogens with zero attached hydrogens (tertiary/aromatic N) is 6. The number of hydrogen-bond acceptors (Lipinski definition) is 6. The second-order valence-electron chi connectivity index (χ2n) is 15.1. The van der Waals surface area contributed by atoms with Crippen LogP contribution in [0.1, 0.15) is 11.1 Å². The lowest BCUT2D eigenvalue weighted by molar-refractivity contribution is 1.04. The van der Waals surface area contributed by atoms with E-state index in [0.29, 0.717) is 11.1 Å². The van der Waals surface area contributed by atoms with Gasteiger partial charge in [0.25, 0.3) is 0 Å². The fraction of sp³-hybridized carbons (Fsp3) is 0. The SMILES string of the molecule is N#Cc1ccc(N(c2ccc(C#N)cc2)c2cc(N3c4ccccc4Sc4ccccc43)nc(-n3c4ccc(-c5ccccc5)cc4c4cc(-c5ccccc5)ccc43)c2)cc1. The van der Waals surface area contributed by atoms with Crippen molar-refractivity contribution in [1.29, 1.82) is 10.5 Å². The highest BCUT2D eigenvalue weighted by molar-refractivity contribution is 7.99. The van der Waals surface area contributed by atoms with Gasteiger partial charge in [-0.25, -0.2) is 4.98 Å². The maximum Gasteiger partial charge on any atom is 0.142 e. The topological polar surface area (TPSA) is 71.9 Å². The van der Waals surface area contributed by atoms with Crippen LogP contribution in [0.15, 0.2) is 216 Å². The molecule has 2 aromatic heterocycles. The van der Waals surface area contributed by atoms with E-state index in [1.54, 1.807) is 11.8 Å². The molecule has 0 fully saturated rings. The summed E-state index contributed by atoms with van der Waals surface area (Å²) in [7, 11) is 0. The molecule has 290 valence electrons. The number of nitriles is 2. The molecule has 1 aliphatic rings. The van der Waals surface area contributed by atoms with Crippen molar-refractivity contribution in [2.24, 2.45) is 0 Å². The van der Waals surface area contributed by atoms with Gasteiger partial charge in [0.1, 0.15) is 11.6 Å². The summed E-state index contributed by atoms with van der Waals surface area (Å²) in [6.07, 6.45) is 0. The molecule has 3 heterocycles. The monoisotopic (exact) mass is 810 g/mol. The maximum atomic E-state index is 9.77. The molecular weight excluding hydrogens is 777 g/mol. The second kappa shape index (κ2) is 15.3. The summed E-state index contributed by atoms with van der Waals surface area (Å²) in [5.74, 6) is 1.47. The van der Waals surface area contributed by atoms with Crippen molar-refractivity contribution in [3.05, 3.63) is 217 Å². The highest BCUT2D eigenvalue weighted by Gasteiger charge is 2.28. The molecule has 0 saturated carbocycles. The summed E-state index contributed by atoms with van der Waals surface area (Å²) in [6.45, 7) is 0. The molecule has 8 aromatic carbocycles. The molecule has 0 aliphatic carbocycles. The van der Waals surface area contributed by atoms with Crippen LogP contribution in [0.4, 0.5) is 34.3 Å². The number of fused-ring (bicyclic) bond motifs is 5. The van der Waals surface area contributed by atoms with Crippen LogP contribution in [0.3, 0.4) is 0 Å². The molecule has 0 saturated heterocycles. The Morgan fingerprint density at radius 1 is 0.419 bits per heavy atom. The molecule has 10 aromatic rings. The molecule has 0 atom stereocenters. The molecule has 0 amide bonds. The van der Waals surface area contributed by atoms with Crippen LogP contribution in [0, 0.1) is 22.7 Å². The first kappa shape index (κ1) is 36.7. The fourth-order valence-corrected chi connectivity index (χ4v) is 9.56. The Labute approximate surface area is 363 Å². The molecule has 7 heteroatoms. The molecule has 0 N–H and O–H groups in total. The van der Waals surface area contributed by atoms with E-state index in [4.69, 9.17) is 4.98 Å². The first-order valence-electron chi connectivity index (χ1n) is 20.3. The van der Waals surface area contributed by atoms with Gasteiger partial charge < -0.3 is 4.90 Å². The highest BCUT2D eigenvalue weighted by Crippen LogP contribution is 2.52. The zero-order valence-electron chi connectivity index (χ0n) is 33.2. The summed E-state index contributed by atoms with van der Waals surface area (Å²) in [6, 6.07) is 75.5. The third-order valence-electron chi connectivity index (χ3n) is 11.4. The normalized spacial score (nSPS) is 11.7.